The average Bonchev–Trinajstić information content (AvgIpc) is 2.39. The number of hydrogen-bond donors (Lipinski definition) is 1. The smallest absolute Gasteiger partial charge is 0.295 e. The summed E-state index contributed by atoms with van der Waals surface area (Å²) in [5.41, 5.74) is -1.22. The molecule has 0 radical (unpaired) electrons. The van der Waals surface area contributed by atoms with E-state index in [1.54, 1.807) is 0 Å². The molecule has 0 aliphatic carbocycles. The molecule has 0 saturated heterocycles. The van der Waals surface area contributed by atoms with Crippen molar-refractivity contribution in [1.29, 1.82) is 0 Å². The zero-order valence-corrected chi connectivity index (χ0v) is 10.4. The van der Waals surface area contributed by atoms with E-state index < -0.39 is 33.7 Å². The van der Waals surface area contributed by atoms with Crippen LogP contribution in [-0.2, 0) is 0 Å². The molecule has 0 fully saturated rings. The van der Waals surface area contributed by atoms with Crippen LogP contribution in [0.15, 0.2) is 30.3 Å². The maximum atomic E-state index is 13.6. The monoisotopic (exact) mass is 302 g/mol. The fourth-order valence-corrected chi connectivity index (χ4v) is 1.71. The van der Waals surface area contributed by atoms with Crippen LogP contribution in [0.5, 0.6) is 0 Å². The molecule has 0 amide bonds. The van der Waals surface area contributed by atoms with Gasteiger partial charge in [-0.3, -0.25) is 10.1 Å². The number of benzene rings is 2. The normalized spacial score (nSPS) is 10.4. The van der Waals surface area contributed by atoms with E-state index in [-0.39, 0.29) is 10.7 Å². The molecule has 0 heterocycles. The molecular formula is C12H6ClF3N2O2. The number of nitro groups is 1. The molecule has 0 bridgehead atoms. The molecule has 0 aromatic heterocycles. The van der Waals surface area contributed by atoms with Gasteiger partial charge < -0.3 is 5.32 Å². The summed E-state index contributed by atoms with van der Waals surface area (Å²) in [6, 6.07) is 4.76. The highest BCUT2D eigenvalue weighted by atomic mass is 35.5. The summed E-state index contributed by atoms with van der Waals surface area (Å²) in [7, 11) is 0. The number of nitrogens with zero attached hydrogens (tertiary/aromatic N) is 1. The van der Waals surface area contributed by atoms with Gasteiger partial charge >= 0.3 is 0 Å². The zero-order valence-electron chi connectivity index (χ0n) is 9.66. The molecule has 0 atom stereocenters. The maximum absolute atomic E-state index is 13.6. The maximum Gasteiger partial charge on any atom is 0.295 e. The van der Waals surface area contributed by atoms with E-state index in [2.05, 4.69) is 5.32 Å². The van der Waals surface area contributed by atoms with Crippen molar-refractivity contribution < 1.29 is 18.1 Å². The predicted octanol–water partition coefficient (Wildman–Crippen LogP) is 4.41. The Hall–Kier alpha value is -2.28. The molecule has 0 saturated carbocycles. The third kappa shape index (κ3) is 2.67. The van der Waals surface area contributed by atoms with E-state index in [0.717, 1.165) is 18.2 Å². The first-order valence-corrected chi connectivity index (χ1v) is 5.62. The minimum atomic E-state index is -1.40. The van der Waals surface area contributed by atoms with Crippen molar-refractivity contribution in [3.63, 3.8) is 0 Å². The molecular weight excluding hydrogens is 297 g/mol. The highest BCUT2D eigenvalue weighted by molar-refractivity contribution is 6.31. The van der Waals surface area contributed by atoms with Crippen molar-refractivity contribution in [3.8, 4) is 0 Å². The Morgan fingerprint density at radius 2 is 1.75 bits per heavy atom. The third-order valence-electron chi connectivity index (χ3n) is 2.46. The van der Waals surface area contributed by atoms with Crippen molar-refractivity contribution in [2.24, 2.45) is 0 Å². The highest BCUT2D eigenvalue weighted by Crippen LogP contribution is 2.32. The second kappa shape index (κ2) is 5.38. The quantitative estimate of drug-likeness (QED) is 0.675. The molecule has 0 aliphatic rings. The number of hydrogen-bond acceptors (Lipinski definition) is 3. The van der Waals surface area contributed by atoms with Crippen LogP contribution in [0, 0.1) is 27.6 Å². The molecule has 8 heteroatoms. The van der Waals surface area contributed by atoms with Gasteiger partial charge in [0.05, 0.1) is 9.95 Å². The molecule has 104 valence electrons. The molecule has 1 N–H and O–H groups in total. The predicted molar refractivity (Wildman–Crippen MR) is 67.7 cm³/mol. The lowest BCUT2D eigenvalue weighted by atomic mass is 10.2. The fourth-order valence-electron chi connectivity index (χ4n) is 1.53. The number of nitro benzene ring substituents is 1. The van der Waals surface area contributed by atoms with Crippen LogP contribution >= 0.6 is 11.6 Å². The van der Waals surface area contributed by atoms with Crippen LogP contribution in [0.3, 0.4) is 0 Å². The Balaban J connectivity index is 2.49. The summed E-state index contributed by atoms with van der Waals surface area (Å²) in [4.78, 5) is 9.92. The minimum Gasteiger partial charge on any atom is -0.347 e. The summed E-state index contributed by atoms with van der Waals surface area (Å²) < 4.78 is 39.8. The van der Waals surface area contributed by atoms with Crippen molar-refractivity contribution in [1.82, 2.24) is 0 Å². The van der Waals surface area contributed by atoms with Gasteiger partial charge in [0.2, 0.25) is 0 Å². The average molecular weight is 303 g/mol. The molecule has 0 spiro atoms. The third-order valence-corrected chi connectivity index (χ3v) is 2.75. The minimum absolute atomic E-state index is 0.0870. The Morgan fingerprint density at radius 1 is 1.10 bits per heavy atom. The first-order chi connectivity index (χ1) is 9.40. The van der Waals surface area contributed by atoms with E-state index >= 15 is 0 Å². The Bertz CT molecular complexity index is 695. The summed E-state index contributed by atoms with van der Waals surface area (Å²) in [6.07, 6.45) is 0. The first-order valence-electron chi connectivity index (χ1n) is 5.24. The number of rotatable bonds is 3. The van der Waals surface area contributed by atoms with Gasteiger partial charge in [-0.2, -0.15) is 0 Å². The van der Waals surface area contributed by atoms with Gasteiger partial charge in [0.1, 0.15) is 5.82 Å². The van der Waals surface area contributed by atoms with Crippen molar-refractivity contribution in [2.45, 2.75) is 0 Å². The number of nitrogens with one attached hydrogen (secondary N) is 1. The molecule has 2 aromatic rings. The lowest BCUT2D eigenvalue weighted by Gasteiger charge is -2.09. The topological polar surface area (TPSA) is 55.2 Å². The summed E-state index contributed by atoms with van der Waals surface area (Å²) >= 11 is 5.54. The molecule has 0 aliphatic heterocycles. The molecule has 4 nitrogen and oxygen atoms in total. The lowest BCUT2D eigenvalue weighted by molar-refractivity contribution is -0.384. The molecule has 20 heavy (non-hydrogen) atoms. The van der Waals surface area contributed by atoms with E-state index in [4.69, 9.17) is 11.6 Å². The second-order valence-electron chi connectivity index (χ2n) is 3.77. The van der Waals surface area contributed by atoms with Crippen molar-refractivity contribution >= 4 is 28.7 Å². The Labute approximate surface area is 115 Å². The van der Waals surface area contributed by atoms with Gasteiger partial charge in [-0.05, 0) is 24.3 Å². The summed E-state index contributed by atoms with van der Waals surface area (Å²) in [6.45, 7) is 0. The first kappa shape index (κ1) is 14.1. The standard InChI is InChI=1S/C12H6ClF3N2O2/c13-7-5-6(1-2-8(7)14)17-12-10(18(19)20)4-3-9(15)11(12)16/h1-5,17H. The van der Waals surface area contributed by atoms with Crippen LogP contribution in [0.25, 0.3) is 0 Å². The van der Waals surface area contributed by atoms with E-state index in [0.29, 0.717) is 6.07 Å². The molecule has 2 rings (SSSR count). The second-order valence-corrected chi connectivity index (χ2v) is 4.17. The SMILES string of the molecule is O=[N+]([O-])c1ccc(F)c(F)c1Nc1ccc(F)c(Cl)c1. The van der Waals surface area contributed by atoms with Gasteiger partial charge in [-0.25, -0.2) is 13.2 Å². The van der Waals surface area contributed by atoms with E-state index in [1.807, 2.05) is 0 Å². The van der Waals surface area contributed by atoms with Crippen LogP contribution in [-0.4, -0.2) is 4.92 Å². The largest absolute Gasteiger partial charge is 0.347 e. The van der Waals surface area contributed by atoms with Gasteiger partial charge in [0, 0.05) is 11.8 Å². The van der Waals surface area contributed by atoms with Crippen LogP contribution in [0.2, 0.25) is 5.02 Å². The van der Waals surface area contributed by atoms with E-state index in [1.165, 1.54) is 6.07 Å². The molecule has 0 unspecified atom stereocenters. The van der Waals surface area contributed by atoms with Crippen molar-refractivity contribution in [2.75, 3.05) is 5.32 Å². The van der Waals surface area contributed by atoms with Gasteiger partial charge in [0.25, 0.3) is 5.69 Å². The highest BCUT2D eigenvalue weighted by Gasteiger charge is 2.21. The van der Waals surface area contributed by atoms with Crippen molar-refractivity contribution in [3.05, 3.63) is 62.9 Å². The number of anilines is 2. The summed E-state index contributed by atoms with van der Waals surface area (Å²) in [5.74, 6) is -3.35. The molecule has 2 aromatic carbocycles. The van der Waals surface area contributed by atoms with Gasteiger partial charge in [-0.1, -0.05) is 11.6 Å². The Kier molecular flexibility index (Phi) is 3.80. The van der Waals surface area contributed by atoms with Gasteiger partial charge in [0.15, 0.2) is 17.3 Å². The summed E-state index contributed by atoms with van der Waals surface area (Å²) in [5, 5.41) is 12.9. The van der Waals surface area contributed by atoms with Crippen LogP contribution in [0.4, 0.5) is 30.2 Å². The van der Waals surface area contributed by atoms with Crippen LogP contribution in [0.1, 0.15) is 0 Å². The van der Waals surface area contributed by atoms with Gasteiger partial charge in [-0.15, -0.1) is 0 Å². The lowest BCUT2D eigenvalue weighted by Crippen LogP contribution is -2.02. The van der Waals surface area contributed by atoms with E-state index in [9.17, 15) is 23.3 Å². The Morgan fingerprint density at radius 3 is 2.35 bits per heavy atom. The fraction of sp³-hybridized carbons (Fsp3) is 0. The zero-order chi connectivity index (χ0) is 14.9. The number of halogens is 4. The van der Waals surface area contributed by atoms with Crippen LogP contribution < -0.4 is 5.32 Å².